The highest BCUT2D eigenvalue weighted by atomic mass is 32.2. The molecule has 0 aliphatic carbocycles. The maximum absolute atomic E-state index is 13.8. The number of alkyl halides is 3. The molecule has 41 heavy (non-hydrogen) atoms. The fraction of sp³-hybridized carbons (Fsp3) is 0.846. The molecule has 0 aromatic carbocycles. The first-order valence-electron chi connectivity index (χ1n) is 13.6. The molecule has 3 N–H and O–H groups in total. The number of amides is 3. The minimum absolute atomic E-state index is 0.0130. The van der Waals surface area contributed by atoms with Crippen LogP contribution in [-0.4, -0.2) is 87.3 Å². The number of ketones is 1. The quantitative estimate of drug-likeness (QED) is 0.340. The molecule has 2 aliphatic heterocycles. The summed E-state index contributed by atoms with van der Waals surface area (Å²) in [7, 11) is -4.58. The molecule has 15 heteroatoms. The van der Waals surface area contributed by atoms with Gasteiger partial charge in [-0.3, -0.25) is 19.2 Å². The summed E-state index contributed by atoms with van der Waals surface area (Å²) in [6.45, 7) is 10.2. The number of hydrogen-bond donors (Lipinski definition) is 3. The smallest absolute Gasteiger partial charge is 0.377 e. The van der Waals surface area contributed by atoms with E-state index in [4.69, 9.17) is 4.74 Å². The van der Waals surface area contributed by atoms with Gasteiger partial charge >= 0.3 is 15.5 Å². The van der Waals surface area contributed by atoms with Crippen molar-refractivity contribution < 1.29 is 45.5 Å². The van der Waals surface area contributed by atoms with Crippen LogP contribution in [0.25, 0.3) is 0 Å². The van der Waals surface area contributed by atoms with Crippen molar-refractivity contribution in [1.29, 1.82) is 0 Å². The van der Waals surface area contributed by atoms with Crippen LogP contribution in [0.3, 0.4) is 0 Å². The Bertz CT molecular complexity index is 1100. The van der Waals surface area contributed by atoms with E-state index in [1.165, 1.54) is 32.6 Å². The third-order valence-electron chi connectivity index (χ3n) is 7.78. The first-order chi connectivity index (χ1) is 18.6. The highest BCUT2D eigenvalue weighted by molar-refractivity contribution is 7.90. The van der Waals surface area contributed by atoms with Crippen molar-refractivity contribution >= 4 is 33.5 Å². The average Bonchev–Trinajstić information content (AvgIpc) is 3.23. The summed E-state index contributed by atoms with van der Waals surface area (Å²) in [6.07, 6.45) is 1.05. The van der Waals surface area contributed by atoms with E-state index in [0.717, 1.165) is 4.90 Å². The zero-order valence-corrected chi connectivity index (χ0v) is 25.5. The normalized spacial score (nSPS) is 24.0. The molecule has 0 spiro atoms. The van der Waals surface area contributed by atoms with Gasteiger partial charge in [0.2, 0.25) is 17.7 Å². The SMILES string of the molecule is COCC(=O)[C@H](C[C@@H]1CCNC1=O)NC(=O)[C@@H]1CC(C(C)(C)C)CCN1C(=O)[C@@H](NS(=O)(=O)C(F)(F)F)C(C)(C)C. The zero-order valence-electron chi connectivity index (χ0n) is 24.7. The van der Waals surface area contributed by atoms with E-state index in [-0.39, 0.29) is 43.2 Å². The van der Waals surface area contributed by atoms with Crippen molar-refractivity contribution in [2.45, 2.75) is 90.9 Å². The number of carbonyl (C=O) groups is 4. The fourth-order valence-corrected chi connectivity index (χ4v) is 6.08. The average molecular weight is 613 g/mol. The van der Waals surface area contributed by atoms with Crippen LogP contribution in [0.1, 0.15) is 67.2 Å². The van der Waals surface area contributed by atoms with E-state index in [0.29, 0.717) is 19.4 Å². The molecule has 1 unspecified atom stereocenters. The number of ether oxygens (including phenoxy) is 1. The second-order valence-electron chi connectivity index (χ2n) is 13.0. The van der Waals surface area contributed by atoms with E-state index in [1.54, 1.807) is 0 Å². The van der Waals surface area contributed by atoms with Gasteiger partial charge < -0.3 is 20.3 Å². The first-order valence-corrected chi connectivity index (χ1v) is 15.1. The molecule has 5 atom stereocenters. The molecule has 11 nitrogen and oxygen atoms in total. The van der Waals surface area contributed by atoms with Gasteiger partial charge in [0, 0.05) is 26.1 Å². The van der Waals surface area contributed by atoms with Gasteiger partial charge in [-0.2, -0.15) is 17.9 Å². The van der Waals surface area contributed by atoms with Crippen LogP contribution >= 0.6 is 0 Å². The molecule has 2 saturated heterocycles. The second kappa shape index (κ2) is 12.9. The van der Waals surface area contributed by atoms with Gasteiger partial charge in [-0.05, 0) is 42.4 Å². The molecular weight excluding hydrogens is 569 g/mol. The van der Waals surface area contributed by atoms with Crippen LogP contribution in [-0.2, 0) is 33.9 Å². The number of nitrogens with one attached hydrogen (secondary N) is 3. The summed E-state index contributed by atoms with van der Waals surface area (Å²) in [5.74, 6) is -3.02. The lowest BCUT2D eigenvalue weighted by Gasteiger charge is -2.45. The van der Waals surface area contributed by atoms with Gasteiger partial charge in [0.15, 0.2) is 5.78 Å². The minimum atomic E-state index is -5.89. The second-order valence-corrected chi connectivity index (χ2v) is 14.7. The van der Waals surface area contributed by atoms with Crippen LogP contribution in [0.15, 0.2) is 0 Å². The number of likely N-dealkylation sites (tertiary alicyclic amines) is 1. The first kappa shape index (κ1) is 34.9. The monoisotopic (exact) mass is 612 g/mol. The predicted octanol–water partition coefficient (Wildman–Crippen LogP) is 1.72. The van der Waals surface area contributed by atoms with Gasteiger partial charge in [0.1, 0.15) is 18.7 Å². The minimum Gasteiger partial charge on any atom is -0.377 e. The molecule has 2 rings (SSSR count). The highest BCUT2D eigenvalue weighted by Crippen LogP contribution is 2.38. The summed E-state index contributed by atoms with van der Waals surface area (Å²) >= 11 is 0. The lowest BCUT2D eigenvalue weighted by Crippen LogP contribution is -2.63. The third-order valence-corrected chi connectivity index (χ3v) is 8.93. The van der Waals surface area contributed by atoms with Crippen molar-refractivity contribution in [3.05, 3.63) is 0 Å². The molecule has 0 aromatic rings. The van der Waals surface area contributed by atoms with Gasteiger partial charge in [0.05, 0.1) is 6.04 Å². The van der Waals surface area contributed by atoms with Crippen LogP contribution in [0.2, 0.25) is 0 Å². The number of sulfonamides is 1. The lowest BCUT2D eigenvalue weighted by atomic mass is 9.72. The fourth-order valence-electron chi connectivity index (χ4n) is 5.19. The maximum Gasteiger partial charge on any atom is 0.511 e. The summed E-state index contributed by atoms with van der Waals surface area (Å²) in [5.41, 5.74) is -7.22. The van der Waals surface area contributed by atoms with Crippen LogP contribution in [0, 0.1) is 22.7 Å². The summed E-state index contributed by atoms with van der Waals surface area (Å²) in [4.78, 5) is 53.7. The number of hydrogen-bond acceptors (Lipinski definition) is 7. The van der Waals surface area contributed by atoms with Crippen molar-refractivity contribution in [2.75, 3.05) is 26.8 Å². The molecule has 2 aliphatic rings. The molecule has 0 bridgehead atoms. The van der Waals surface area contributed by atoms with Crippen molar-refractivity contribution in [3.63, 3.8) is 0 Å². The standard InChI is InChI=1S/C26H43F3N4O7S/c1-24(2,3)16-9-11-33(23(37)20(25(4,5)6)32-41(38,39)26(27,28)29)18(13-16)22(36)31-17(19(34)14-40-7)12-15-8-10-30-21(15)35/h15-18,20,32H,8-14H2,1-7H3,(H,30,35)(H,31,36)/t15-,16?,17-,18-,20+/m0/s1. The van der Waals surface area contributed by atoms with Gasteiger partial charge in [-0.25, -0.2) is 8.42 Å². The highest BCUT2D eigenvalue weighted by Gasteiger charge is 2.51. The Morgan fingerprint density at radius 1 is 1.10 bits per heavy atom. The van der Waals surface area contributed by atoms with Crippen molar-refractivity contribution in [1.82, 2.24) is 20.3 Å². The number of nitrogens with zero attached hydrogens (tertiary/aromatic N) is 1. The molecule has 0 aromatic heterocycles. The Morgan fingerprint density at radius 2 is 1.71 bits per heavy atom. The van der Waals surface area contributed by atoms with E-state index in [1.807, 2.05) is 20.8 Å². The summed E-state index contributed by atoms with van der Waals surface area (Å²) < 4.78 is 70.2. The van der Waals surface area contributed by atoms with E-state index >= 15 is 0 Å². The molecule has 3 amide bonds. The van der Waals surface area contributed by atoms with Gasteiger partial charge in [-0.15, -0.1) is 0 Å². The number of halogens is 3. The molecule has 2 heterocycles. The topological polar surface area (TPSA) is 151 Å². The Morgan fingerprint density at radius 3 is 2.17 bits per heavy atom. The van der Waals surface area contributed by atoms with E-state index < -0.39 is 62.6 Å². The predicted molar refractivity (Wildman–Crippen MR) is 144 cm³/mol. The largest absolute Gasteiger partial charge is 0.511 e. The van der Waals surface area contributed by atoms with Crippen LogP contribution in [0.4, 0.5) is 13.2 Å². The Labute approximate surface area is 239 Å². The Kier molecular flexibility index (Phi) is 11.0. The third kappa shape index (κ3) is 8.87. The van der Waals surface area contributed by atoms with Gasteiger partial charge in [-0.1, -0.05) is 41.5 Å². The van der Waals surface area contributed by atoms with Crippen molar-refractivity contribution in [2.24, 2.45) is 22.7 Å². The number of rotatable bonds is 10. The van der Waals surface area contributed by atoms with Gasteiger partial charge in [0.25, 0.3) is 0 Å². The molecule has 0 radical (unpaired) electrons. The van der Waals surface area contributed by atoms with E-state index in [9.17, 15) is 40.8 Å². The van der Waals surface area contributed by atoms with Crippen LogP contribution < -0.4 is 15.4 Å². The number of methoxy groups -OCH3 is 1. The zero-order chi connectivity index (χ0) is 31.6. The maximum atomic E-state index is 13.8. The van der Waals surface area contributed by atoms with Crippen LogP contribution in [0.5, 0.6) is 0 Å². The molecule has 236 valence electrons. The Hall–Kier alpha value is -2.26. The Balaban J connectivity index is 2.44. The number of Topliss-reactive ketones (excluding diaryl/α,β-unsaturated/α-hetero) is 1. The number of piperidine rings is 1. The van der Waals surface area contributed by atoms with Crippen molar-refractivity contribution in [3.8, 4) is 0 Å². The molecular formula is C26H43F3N4O7S. The summed E-state index contributed by atoms with van der Waals surface area (Å²) in [5, 5.41) is 5.34. The lowest BCUT2D eigenvalue weighted by molar-refractivity contribution is -0.148. The number of carbonyl (C=O) groups excluding carboxylic acids is 4. The molecule has 0 saturated carbocycles. The molecule has 2 fully saturated rings. The summed E-state index contributed by atoms with van der Waals surface area (Å²) in [6, 6.07) is -4.13. The van der Waals surface area contributed by atoms with E-state index in [2.05, 4.69) is 10.6 Å².